The highest BCUT2D eigenvalue weighted by atomic mass is 32.1. The zero-order valence-corrected chi connectivity index (χ0v) is 19.2. The molecule has 1 N–H and O–H groups in total. The number of rotatable bonds is 7. The van der Waals surface area contributed by atoms with E-state index < -0.39 is 0 Å². The molecule has 0 bridgehead atoms. The molecule has 1 aromatic carbocycles. The molecule has 3 aromatic heterocycles. The molecular formula is C26H25N5OS. The van der Waals surface area contributed by atoms with Gasteiger partial charge in [-0.3, -0.25) is 9.97 Å². The molecule has 0 amide bonds. The second kappa shape index (κ2) is 9.42. The number of hydrogen-bond donors (Lipinski definition) is 1. The van der Waals surface area contributed by atoms with E-state index in [9.17, 15) is 0 Å². The Kier molecular flexibility index (Phi) is 6.04. The van der Waals surface area contributed by atoms with Gasteiger partial charge in [0.15, 0.2) is 5.11 Å². The zero-order chi connectivity index (χ0) is 22.6. The molecule has 33 heavy (non-hydrogen) atoms. The minimum absolute atomic E-state index is 0.0471. The van der Waals surface area contributed by atoms with Crippen molar-refractivity contribution in [2.45, 2.75) is 25.6 Å². The Bertz CT molecular complexity index is 1210. The Morgan fingerprint density at radius 3 is 2.61 bits per heavy atom. The van der Waals surface area contributed by atoms with Crippen molar-refractivity contribution in [1.82, 2.24) is 24.8 Å². The fourth-order valence-electron chi connectivity index (χ4n) is 4.33. The number of thiocarbonyl (C=S) groups is 1. The van der Waals surface area contributed by atoms with Gasteiger partial charge >= 0.3 is 0 Å². The molecule has 2 unspecified atom stereocenters. The highest BCUT2D eigenvalue weighted by molar-refractivity contribution is 7.80. The average Bonchev–Trinajstić information content (AvgIpc) is 3.46. The van der Waals surface area contributed by atoms with E-state index in [0.717, 1.165) is 28.4 Å². The summed E-state index contributed by atoms with van der Waals surface area (Å²) >= 11 is 5.81. The standard InChI is InChI=1S/C26H25N5OS/c1-2-32-21-12-10-20(11-13-21)30-16-6-9-23(30)25-24(22-8-3-4-15-28-22)29-26(33)31(25)18-19-7-5-14-27-17-19/h3-17,24-25H,2,18H2,1H3,(H,29,33). The largest absolute Gasteiger partial charge is 0.494 e. The topological polar surface area (TPSA) is 55.2 Å². The van der Waals surface area contributed by atoms with E-state index in [4.69, 9.17) is 17.0 Å². The molecule has 1 saturated heterocycles. The van der Waals surface area contributed by atoms with Gasteiger partial charge in [0.1, 0.15) is 5.75 Å². The molecule has 7 heteroatoms. The Hall–Kier alpha value is -3.71. The molecule has 0 saturated carbocycles. The molecule has 0 radical (unpaired) electrons. The number of hydrogen-bond acceptors (Lipinski definition) is 4. The third-order valence-corrected chi connectivity index (χ3v) is 6.14. The van der Waals surface area contributed by atoms with E-state index in [1.807, 2.05) is 55.7 Å². The lowest BCUT2D eigenvalue weighted by Gasteiger charge is -2.29. The van der Waals surface area contributed by atoms with Crippen LogP contribution < -0.4 is 10.1 Å². The van der Waals surface area contributed by atoms with Crippen LogP contribution in [0.3, 0.4) is 0 Å². The first-order valence-corrected chi connectivity index (χ1v) is 11.4. The van der Waals surface area contributed by atoms with E-state index in [-0.39, 0.29) is 12.1 Å². The molecule has 0 spiro atoms. The predicted octanol–water partition coefficient (Wildman–Crippen LogP) is 4.84. The highest BCUT2D eigenvalue weighted by Crippen LogP contribution is 2.40. The van der Waals surface area contributed by atoms with Gasteiger partial charge in [0.05, 0.1) is 24.4 Å². The molecule has 1 aliphatic heterocycles. The summed E-state index contributed by atoms with van der Waals surface area (Å²) in [4.78, 5) is 11.2. The molecule has 1 aliphatic rings. The van der Waals surface area contributed by atoms with Crippen molar-refractivity contribution >= 4 is 17.3 Å². The van der Waals surface area contributed by atoms with Gasteiger partial charge < -0.3 is 19.5 Å². The van der Waals surface area contributed by atoms with E-state index in [0.29, 0.717) is 18.3 Å². The van der Waals surface area contributed by atoms with Gasteiger partial charge in [-0.05, 0) is 79.3 Å². The minimum Gasteiger partial charge on any atom is -0.494 e. The van der Waals surface area contributed by atoms with Crippen LogP contribution in [0.1, 0.15) is 36.0 Å². The summed E-state index contributed by atoms with van der Waals surface area (Å²) < 4.78 is 7.83. The maximum Gasteiger partial charge on any atom is 0.170 e. The lowest BCUT2D eigenvalue weighted by molar-refractivity contribution is 0.302. The number of nitrogens with one attached hydrogen (secondary N) is 1. The summed E-state index contributed by atoms with van der Waals surface area (Å²) in [6, 6.07) is 22.3. The Labute approximate surface area is 198 Å². The van der Waals surface area contributed by atoms with Crippen LogP contribution in [0.2, 0.25) is 0 Å². The smallest absolute Gasteiger partial charge is 0.170 e. The van der Waals surface area contributed by atoms with E-state index >= 15 is 0 Å². The summed E-state index contributed by atoms with van der Waals surface area (Å²) in [5, 5.41) is 4.23. The van der Waals surface area contributed by atoms with Gasteiger partial charge in [0, 0.05) is 42.7 Å². The summed E-state index contributed by atoms with van der Waals surface area (Å²) in [6.07, 6.45) is 7.59. The van der Waals surface area contributed by atoms with Gasteiger partial charge in [0.25, 0.3) is 0 Å². The fourth-order valence-corrected chi connectivity index (χ4v) is 4.63. The van der Waals surface area contributed by atoms with Crippen molar-refractivity contribution < 1.29 is 4.74 Å². The van der Waals surface area contributed by atoms with Crippen molar-refractivity contribution in [2.24, 2.45) is 0 Å². The van der Waals surface area contributed by atoms with Crippen LogP contribution in [0, 0.1) is 0 Å². The van der Waals surface area contributed by atoms with Crippen LogP contribution >= 0.6 is 12.2 Å². The molecule has 5 rings (SSSR count). The van der Waals surface area contributed by atoms with Crippen LogP contribution in [0.25, 0.3) is 5.69 Å². The summed E-state index contributed by atoms with van der Waals surface area (Å²) in [6.45, 7) is 3.29. The third-order valence-electron chi connectivity index (χ3n) is 5.78. The highest BCUT2D eigenvalue weighted by Gasteiger charge is 2.41. The normalized spacial score (nSPS) is 17.7. The lowest BCUT2D eigenvalue weighted by atomic mass is 10.0. The molecule has 0 aliphatic carbocycles. The number of nitrogens with zero attached hydrogens (tertiary/aromatic N) is 4. The number of aromatic nitrogens is 3. The van der Waals surface area contributed by atoms with Crippen LogP contribution in [0.5, 0.6) is 5.75 Å². The van der Waals surface area contributed by atoms with Crippen LogP contribution in [-0.2, 0) is 6.54 Å². The summed E-state index contributed by atoms with van der Waals surface area (Å²) in [5.41, 5.74) is 4.26. The lowest BCUT2D eigenvalue weighted by Crippen LogP contribution is -2.30. The fraction of sp³-hybridized carbons (Fsp3) is 0.192. The van der Waals surface area contributed by atoms with Crippen molar-refractivity contribution in [3.05, 3.63) is 108 Å². The predicted molar refractivity (Wildman–Crippen MR) is 132 cm³/mol. The Balaban J connectivity index is 1.56. The molecule has 1 fully saturated rings. The van der Waals surface area contributed by atoms with E-state index in [1.54, 1.807) is 6.20 Å². The van der Waals surface area contributed by atoms with Gasteiger partial charge in [0.2, 0.25) is 0 Å². The molecule has 6 nitrogen and oxygen atoms in total. The number of ether oxygens (including phenoxy) is 1. The second-order valence-electron chi connectivity index (χ2n) is 7.85. The van der Waals surface area contributed by atoms with Crippen LogP contribution in [-0.4, -0.2) is 31.2 Å². The maximum absolute atomic E-state index is 5.81. The average molecular weight is 456 g/mol. The Morgan fingerprint density at radius 2 is 1.88 bits per heavy atom. The molecule has 2 atom stereocenters. The van der Waals surface area contributed by atoms with E-state index in [2.05, 4.69) is 61.3 Å². The quantitative estimate of drug-likeness (QED) is 0.403. The monoisotopic (exact) mass is 455 g/mol. The first-order valence-electron chi connectivity index (χ1n) is 11.0. The zero-order valence-electron chi connectivity index (χ0n) is 18.3. The third kappa shape index (κ3) is 4.32. The second-order valence-corrected chi connectivity index (χ2v) is 8.23. The minimum atomic E-state index is -0.0771. The molecule has 166 valence electrons. The van der Waals surface area contributed by atoms with Gasteiger partial charge in [-0.1, -0.05) is 12.1 Å². The van der Waals surface area contributed by atoms with Crippen molar-refractivity contribution in [2.75, 3.05) is 6.61 Å². The van der Waals surface area contributed by atoms with Crippen molar-refractivity contribution in [1.29, 1.82) is 0 Å². The summed E-state index contributed by atoms with van der Waals surface area (Å²) in [5.74, 6) is 0.864. The molecule has 4 heterocycles. The van der Waals surface area contributed by atoms with Gasteiger partial charge in [-0.2, -0.15) is 0 Å². The summed E-state index contributed by atoms with van der Waals surface area (Å²) in [7, 11) is 0. The van der Waals surface area contributed by atoms with Crippen molar-refractivity contribution in [3.8, 4) is 11.4 Å². The van der Waals surface area contributed by atoms with E-state index in [1.165, 1.54) is 0 Å². The Morgan fingerprint density at radius 1 is 1.00 bits per heavy atom. The number of benzene rings is 1. The van der Waals surface area contributed by atoms with Crippen LogP contribution in [0.15, 0.2) is 91.5 Å². The molecular weight excluding hydrogens is 430 g/mol. The molecule has 4 aromatic rings. The maximum atomic E-state index is 5.81. The van der Waals surface area contributed by atoms with Gasteiger partial charge in [-0.15, -0.1) is 0 Å². The van der Waals surface area contributed by atoms with Gasteiger partial charge in [-0.25, -0.2) is 0 Å². The SMILES string of the molecule is CCOc1ccc(-n2cccc2C2C(c3ccccn3)NC(=S)N2Cc2cccnc2)cc1. The first kappa shape index (κ1) is 21.2. The first-order chi connectivity index (χ1) is 16.2. The van der Waals surface area contributed by atoms with Crippen molar-refractivity contribution in [3.63, 3.8) is 0 Å². The van der Waals surface area contributed by atoms with Crippen LogP contribution in [0.4, 0.5) is 0 Å². The number of pyridine rings is 2.